The second kappa shape index (κ2) is 8.95. The second-order valence-corrected chi connectivity index (χ2v) is 9.14. The Balaban J connectivity index is 1.48. The predicted molar refractivity (Wildman–Crippen MR) is 114 cm³/mol. The van der Waals surface area contributed by atoms with Crippen molar-refractivity contribution in [3.63, 3.8) is 0 Å². The summed E-state index contributed by atoms with van der Waals surface area (Å²) in [5.41, 5.74) is 0.313. The SMILES string of the molecule is CN(CC1(N2CCCCC2)CCCCC1)c1cc(N2CCC(O)CC2)ncn1. The van der Waals surface area contributed by atoms with Gasteiger partial charge in [-0.15, -0.1) is 0 Å². The Bertz CT molecular complexity index is 619. The Morgan fingerprint density at radius 3 is 2.39 bits per heavy atom. The summed E-state index contributed by atoms with van der Waals surface area (Å²) in [6.07, 6.45) is 14.0. The van der Waals surface area contributed by atoms with Crippen LogP contribution in [0.5, 0.6) is 0 Å². The van der Waals surface area contributed by atoms with Gasteiger partial charge in [-0.25, -0.2) is 9.97 Å². The zero-order chi connectivity index (χ0) is 19.4. The van der Waals surface area contributed by atoms with Crippen LogP contribution in [0.15, 0.2) is 12.4 Å². The Kier molecular flexibility index (Phi) is 6.36. The number of aliphatic hydroxyl groups excluding tert-OH is 1. The van der Waals surface area contributed by atoms with Crippen LogP contribution in [0.4, 0.5) is 11.6 Å². The lowest BCUT2D eigenvalue weighted by Gasteiger charge is -2.50. The van der Waals surface area contributed by atoms with Crippen molar-refractivity contribution in [2.24, 2.45) is 0 Å². The van der Waals surface area contributed by atoms with Crippen molar-refractivity contribution < 1.29 is 5.11 Å². The highest BCUT2D eigenvalue weighted by Crippen LogP contribution is 2.37. The van der Waals surface area contributed by atoms with E-state index in [0.717, 1.165) is 44.1 Å². The van der Waals surface area contributed by atoms with E-state index in [1.54, 1.807) is 6.33 Å². The molecule has 156 valence electrons. The van der Waals surface area contributed by atoms with Crippen molar-refractivity contribution in [1.29, 1.82) is 0 Å². The van der Waals surface area contributed by atoms with Crippen molar-refractivity contribution in [3.05, 3.63) is 12.4 Å². The Morgan fingerprint density at radius 1 is 1.00 bits per heavy atom. The monoisotopic (exact) mass is 387 g/mol. The van der Waals surface area contributed by atoms with Crippen molar-refractivity contribution in [2.75, 3.05) is 49.6 Å². The normalized spacial score (nSPS) is 24.3. The molecule has 0 unspecified atom stereocenters. The van der Waals surface area contributed by atoms with Crippen molar-refractivity contribution in [3.8, 4) is 0 Å². The van der Waals surface area contributed by atoms with Gasteiger partial charge >= 0.3 is 0 Å². The van der Waals surface area contributed by atoms with Gasteiger partial charge in [-0.1, -0.05) is 25.7 Å². The van der Waals surface area contributed by atoms with E-state index in [1.807, 2.05) is 0 Å². The Hall–Kier alpha value is -1.40. The molecule has 0 radical (unpaired) electrons. The summed E-state index contributed by atoms with van der Waals surface area (Å²) in [4.78, 5) is 16.6. The second-order valence-electron chi connectivity index (χ2n) is 9.14. The van der Waals surface area contributed by atoms with E-state index in [0.29, 0.717) is 5.54 Å². The molecule has 0 bridgehead atoms. The largest absolute Gasteiger partial charge is 0.393 e. The number of hydrogen-bond acceptors (Lipinski definition) is 6. The molecule has 4 rings (SSSR count). The Morgan fingerprint density at radius 2 is 1.68 bits per heavy atom. The number of hydrogen-bond donors (Lipinski definition) is 1. The summed E-state index contributed by atoms with van der Waals surface area (Å²) < 4.78 is 0. The van der Waals surface area contributed by atoms with Crippen LogP contribution in [0.3, 0.4) is 0 Å². The molecule has 6 nitrogen and oxygen atoms in total. The number of piperidine rings is 2. The maximum Gasteiger partial charge on any atom is 0.134 e. The zero-order valence-electron chi connectivity index (χ0n) is 17.5. The molecule has 3 heterocycles. The average molecular weight is 388 g/mol. The summed E-state index contributed by atoms with van der Waals surface area (Å²) in [5, 5.41) is 9.78. The Labute approximate surface area is 169 Å². The highest BCUT2D eigenvalue weighted by molar-refractivity contribution is 5.50. The van der Waals surface area contributed by atoms with Gasteiger partial charge in [0.1, 0.15) is 18.0 Å². The van der Waals surface area contributed by atoms with E-state index in [2.05, 4.69) is 37.8 Å². The molecule has 0 spiro atoms. The molecule has 6 heteroatoms. The minimum Gasteiger partial charge on any atom is -0.393 e. The van der Waals surface area contributed by atoms with Gasteiger partial charge in [0.25, 0.3) is 0 Å². The van der Waals surface area contributed by atoms with Crippen LogP contribution in [0.2, 0.25) is 0 Å². The lowest BCUT2D eigenvalue weighted by atomic mass is 9.79. The maximum atomic E-state index is 9.78. The summed E-state index contributed by atoms with van der Waals surface area (Å²) >= 11 is 0. The molecule has 1 aliphatic carbocycles. The summed E-state index contributed by atoms with van der Waals surface area (Å²) in [6.45, 7) is 5.33. The van der Waals surface area contributed by atoms with E-state index in [-0.39, 0.29) is 6.10 Å². The summed E-state index contributed by atoms with van der Waals surface area (Å²) in [5.74, 6) is 2.03. The number of aliphatic hydroxyl groups is 1. The van der Waals surface area contributed by atoms with Gasteiger partial charge < -0.3 is 14.9 Å². The number of likely N-dealkylation sites (N-methyl/N-ethyl adjacent to an activating group) is 1. The summed E-state index contributed by atoms with van der Waals surface area (Å²) in [7, 11) is 2.20. The number of nitrogens with zero attached hydrogens (tertiary/aromatic N) is 5. The van der Waals surface area contributed by atoms with Crippen LogP contribution >= 0.6 is 0 Å². The number of rotatable bonds is 5. The molecule has 1 N–H and O–H groups in total. The minimum absolute atomic E-state index is 0.157. The van der Waals surface area contributed by atoms with Gasteiger partial charge in [-0.05, 0) is 51.6 Å². The van der Waals surface area contributed by atoms with Crippen molar-refractivity contribution in [2.45, 2.75) is 75.9 Å². The zero-order valence-corrected chi connectivity index (χ0v) is 17.5. The van der Waals surface area contributed by atoms with E-state index in [9.17, 15) is 5.11 Å². The summed E-state index contributed by atoms with van der Waals surface area (Å²) in [6, 6.07) is 2.14. The molecular weight excluding hydrogens is 350 g/mol. The molecule has 1 saturated carbocycles. The van der Waals surface area contributed by atoms with Gasteiger partial charge in [0.15, 0.2) is 0 Å². The molecule has 3 aliphatic rings. The van der Waals surface area contributed by atoms with Gasteiger partial charge in [-0.3, -0.25) is 4.90 Å². The van der Waals surface area contributed by atoms with Crippen molar-refractivity contribution in [1.82, 2.24) is 14.9 Å². The van der Waals surface area contributed by atoms with Crippen LogP contribution in [-0.4, -0.2) is 71.4 Å². The van der Waals surface area contributed by atoms with Crippen LogP contribution in [0.25, 0.3) is 0 Å². The van der Waals surface area contributed by atoms with Crippen LogP contribution < -0.4 is 9.80 Å². The molecule has 1 aromatic rings. The molecule has 28 heavy (non-hydrogen) atoms. The third-order valence-corrected chi connectivity index (χ3v) is 7.16. The average Bonchev–Trinajstić information content (AvgIpc) is 2.76. The molecule has 0 atom stereocenters. The number of aromatic nitrogens is 2. The topological polar surface area (TPSA) is 55.7 Å². The van der Waals surface area contributed by atoms with E-state index in [1.165, 1.54) is 64.5 Å². The number of likely N-dealkylation sites (tertiary alicyclic amines) is 1. The smallest absolute Gasteiger partial charge is 0.134 e. The van der Waals surface area contributed by atoms with E-state index in [4.69, 9.17) is 0 Å². The quantitative estimate of drug-likeness (QED) is 0.838. The first kappa shape index (κ1) is 19.9. The molecular formula is C22H37N5O. The lowest BCUT2D eigenvalue weighted by Crippen LogP contribution is -2.57. The highest BCUT2D eigenvalue weighted by Gasteiger charge is 2.39. The fourth-order valence-corrected chi connectivity index (χ4v) is 5.49. The fourth-order valence-electron chi connectivity index (χ4n) is 5.49. The van der Waals surface area contributed by atoms with Gasteiger partial charge in [0.2, 0.25) is 0 Å². The first-order valence-electron chi connectivity index (χ1n) is 11.4. The van der Waals surface area contributed by atoms with Crippen LogP contribution in [-0.2, 0) is 0 Å². The molecule has 0 aromatic carbocycles. The highest BCUT2D eigenvalue weighted by atomic mass is 16.3. The van der Waals surface area contributed by atoms with Crippen molar-refractivity contribution >= 4 is 11.6 Å². The van der Waals surface area contributed by atoms with E-state index >= 15 is 0 Å². The fraction of sp³-hybridized carbons (Fsp3) is 0.818. The molecule has 3 fully saturated rings. The first-order chi connectivity index (χ1) is 13.7. The molecule has 1 aromatic heterocycles. The number of anilines is 2. The van der Waals surface area contributed by atoms with Gasteiger partial charge in [0, 0.05) is 38.3 Å². The van der Waals surface area contributed by atoms with Gasteiger partial charge in [-0.2, -0.15) is 0 Å². The molecule has 0 amide bonds. The lowest BCUT2D eigenvalue weighted by molar-refractivity contribution is 0.0395. The maximum absolute atomic E-state index is 9.78. The molecule has 2 saturated heterocycles. The first-order valence-corrected chi connectivity index (χ1v) is 11.4. The van der Waals surface area contributed by atoms with Crippen LogP contribution in [0, 0.1) is 0 Å². The third-order valence-electron chi connectivity index (χ3n) is 7.16. The van der Waals surface area contributed by atoms with E-state index < -0.39 is 0 Å². The van der Waals surface area contributed by atoms with Crippen LogP contribution in [0.1, 0.15) is 64.2 Å². The molecule has 2 aliphatic heterocycles. The minimum atomic E-state index is -0.157. The third kappa shape index (κ3) is 4.43. The van der Waals surface area contributed by atoms with Gasteiger partial charge in [0.05, 0.1) is 6.10 Å². The standard InChI is InChI=1S/C22H37N5O/c1-25(17-22(10-4-2-5-11-22)27-12-6-3-7-13-27)20-16-21(24-18-23-20)26-14-8-19(28)9-15-26/h16,18-19,28H,2-15,17H2,1H3. The predicted octanol–water partition coefficient (Wildman–Crippen LogP) is 3.06.